The number of aromatic nitrogens is 1. The number of hydrogen-bond donors (Lipinski definition) is 1. The molecule has 0 fully saturated rings. The van der Waals surface area contributed by atoms with Crippen molar-refractivity contribution in [2.75, 3.05) is 11.9 Å². The molecule has 1 unspecified atom stereocenters. The Kier molecular flexibility index (Phi) is 4.42. The highest BCUT2D eigenvalue weighted by molar-refractivity contribution is 7.16. The number of hydrogen-bond acceptors (Lipinski definition) is 4. The summed E-state index contributed by atoms with van der Waals surface area (Å²) in [5, 5.41) is 3.45. The quantitative estimate of drug-likeness (QED) is 0.743. The monoisotopic (exact) mass is 368 g/mol. The molecule has 4 rings (SSSR count). The van der Waals surface area contributed by atoms with Crippen molar-refractivity contribution in [1.82, 2.24) is 4.98 Å². The Morgan fingerprint density at radius 3 is 2.81 bits per heavy atom. The molecule has 4 nitrogen and oxygen atoms in total. The largest absolute Gasteiger partial charge is 0.492 e. The molecule has 2 heterocycles. The zero-order chi connectivity index (χ0) is 18.1. The second kappa shape index (κ2) is 6.88. The number of amides is 1. The highest BCUT2D eigenvalue weighted by Gasteiger charge is 2.26. The van der Waals surface area contributed by atoms with E-state index in [1.807, 2.05) is 31.2 Å². The lowest BCUT2D eigenvalue weighted by Crippen LogP contribution is -2.32. The van der Waals surface area contributed by atoms with Crippen molar-refractivity contribution >= 4 is 22.4 Å². The van der Waals surface area contributed by atoms with E-state index in [-0.39, 0.29) is 17.6 Å². The fourth-order valence-electron chi connectivity index (χ4n) is 3.03. The molecular weight excluding hydrogens is 351 g/mol. The Labute approximate surface area is 154 Å². The Morgan fingerprint density at radius 1 is 1.23 bits per heavy atom. The summed E-state index contributed by atoms with van der Waals surface area (Å²) in [5.41, 5.74) is 2.63. The third-order valence-corrected chi connectivity index (χ3v) is 5.28. The predicted octanol–water partition coefficient (Wildman–Crippen LogP) is 4.45. The van der Waals surface area contributed by atoms with Crippen LogP contribution in [0.1, 0.15) is 10.4 Å². The summed E-state index contributed by atoms with van der Waals surface area (Å²) in [4.78, 5) is 18.1. The van der Waals surface area contributed by atoms with Gasteiger partial charge >= 0.3 is 0 Å². The summed E-state index contributed by atoms with van der Waals surface area (Å²) in [6.45, 7) is 2.30. The van der Waals surface area contributed by atoms with Gasteiger partial charge in [0.05, 0.1) is 11.6 Å². The number of nitrogens with one attached hydrogen (secondary N) is 1. The van der Waals surface area contributed by atoms with Crippen molar-refractivity contribution in [3.8, 4) is 17.0 Å². The zero-order valence-corrected chi connectivity index (χ0v) is 15.0. The zero-order valence-electron chi connectivity index (χ0n) is 14.2. The summed E-state index contributed by atoms with van der Waals surface area (Å²) in [6, 6.07) is 14.0. The number of anilines is 1. The average molecular weight is 368 g/mol. The molecule has 26 heavy (non-hydrogen) atoms. The molecule has 6 heteroatoms. The van der Waals surface area contributed by atoms with Crippen LogP contribution in [0.15, 0.2) is 48.5 Å². The molecule has 2 aromatic carbocycles. The number of halogens is 1. The maximum atomic E-state index is 13.1. The van der Waals surface area contributed by atoms with Crippen LogP contribution in [0.25, 0.3) is 11.3 Å². The van der Waals surface area contributed by atoms with Crippen LogP contribution in [-0.2, 0) is 11.2 Å². The number of ether oxygens (including phenoxy) is 1. The van der Waals surface area contributed by atoms with Crippen LogP contribution >= 0.6 is 11.3 Å². The molecule has 1 N–H and O–H groups in total. The summed E-state index contributed by atoms with van der Waals surface area (Å²) in [7, 11) is 0. The Bertz CT molecular complexity index is 953. The lowest BCUT2D eigenvalue weighted by Gasteiger charge is -2.24. The maximum absolute atomic E-state index is 13.1. The van der Waals surface area contributed by atoms with Crippen molar-refractivity contribution < 1.29 is 13.9 Å². The van der Waals surface area contributed by atoms with Gasteiger partial charge in [-0.3, -0.25) is 4.79 Å². The van der Waals surface area contributed by atoms with Crippen molar-refractivity contribution in [2.45, 2.75) is 13.3 Å². The fourth-order valence-corrected chi connectivity index (χ4v) is 3.87. The average Bonchev–Trinajstić information content (AvgIpc) is 3.02. The van der Waals surface area contributed by atoms with Crippen LogP contribution in [-0.4, -0.2) is 17.5 Å². The normalized spacial score (nSPS) is 15.8. The van der Waals surface area contributed by atoms with E-state index in [9.17, 15) is 9.18 Å². The number of carbonyl (C=O) groups is 1. The number of nitrogens with zero attached hydrogens (tertiary/aromatic N) is 1. The van der Waals surface area contributed by atoms with E-state index < -0.39 is 0 Å². The molecular formula is C20H17FN2O2S. The van der Waals surface area contributed by atoms with Crippen LogP contribution in [0.4, 0.5) is 9.52 Å². The number of para-hydroxylation sites is 1. The highest BCUT2D eigenvalue weighted by Crippen LogP contribution is 2.32. The topological polar surface area (TPSA) is 51.2 Å². The first-order valence-electron chi connectivity index (χ1n) is 8.35. The molecule has 0 saturated carbocycles. The second-order valence-electron chi connectivity index (χ2n) is 6.24. The van der Waals surface area contributed by atoms with E-state index in [4.69, 9.17) is 4.74 Å². The highest BCUT2D eigenvalue weighted by atomic mass is 32.1. The van der Waals surface area contributed by atoms with Gasteiger partial charge in [-0.2, -0.15) is 0 Å². The maximum Gasteiger partial charge on any atom is 0.233 e. The van der Waals surface area contributed by atoms with Gasteiger partial charge in [0.15, 0.2) is 5.13 Å². The molecule has 1 amide bonds. The molecule has 0 aliphatic carbocycles. The van der Waals surface area contributed by atoms with Crippen LogP contribution in [0.2, 0.25) is 0 Å². The minimum Gasteiger partial charge on any atom is -0.492 e. The molecule has 132 valence electrons. The van der Waals surface area contributed by atoms with E-state index >= 15 is 0 Å². The number of thiazole rings is 1. The third kappa shape index (κ3) is 3.32. The number of benzene rings is 2. The van der Waals surface area contributed by atoms with Gasteiger partial charge in [-0.15, -0.1) is 11.3 Å². The molecule has 1 atom stereocenters. The van der Waals surface area contributed by atoms with Gasteiger partial charge in [0.2, 0.25) is 5.91 Å². The van der Waals surface area contributed by atoms with Crippen LogP contribution in [0, 0.1) is 18.7 Å². The minimum atomic E-state index is -0.285. The first kappa shape index (κ1) is 16.7. The van der Waals surface area contributed by atoms with Crippen molar-refractivity contribution in [3.05, 3.63) is 64.8 Å². The van der Waals surface area contributed by atoms with Crippen molar-refractivity contribution in [1.29, 1.82) is 0 Å². The number of aryl methyl sites for hydroxylation is 1. The SMILES string of the molecule is Cc1sc(NC(=O)C2COc3ccccc3C2)nc1-c1ccc(F)cc1. The van der Waals surface area contributed by atoms with Crippen molar-refractivity contribution in [3.63, 3.8) is 0 Å². The van der Waals surface area contributed by atoms with Gasteiger partial charge in [0.25, 0.3) is 0 Å². The molecule has 3 aromatic rings. The Morgan fingerprint density at radius 2 is 2.00 bits per heavy atom. The third-order valence-electron chi connectivity index (χ3n) is 4.39. The first-order valence-corrected chi connectivity index (χ1v) is 9.17. The molecule has 1 aromatic heterocycles. The molecule has 1 aliphatic heterocycles. The number of rotatable bonds is 3. The predicted molar refractivity (Wildman–Crippen MR) is 100 cm³/mol. The second-order valence-corrected chi connectivity index (χ2v) is 7.44. The summed E-state index contributed by atoms with van der Waals surface area (Å²) < 4.78 is 18.8. The van der Waals surface area contributed by atoms with Gasteiger partial charge in [-0.25, -0.2) is 9.37 Å². The van der Waals surface area contributed by atoms with Gasteiger partial charge < -0.3 is 10.1 Å². The van der Waals surface area contributed by atoms with Gasteiger partial charge in [0, 0.05) is 10.4 Å². The number of fused-ring (bicyclic) bond motifs is 1. The van der Waals surface area contributed by atoms with Gasteiger partial charge in [-0.1, -0.05) is 18.2 Å². The number of carbonyl (C=O) groups excluding carboxylic acids is 1. The standard InChI is InChI=1S/C20H17FN2O2S/c1-12-18(13-6-8-16(21)9-7-13)22-20(26-12)23-19(24)15-10-14-4-2-3-5-17(14)25-11-15/h2-9,15H,10-11H2,1H3,(H,22,23,24). The van der Waals surface area contributed by atoms with E-state index in [2.05, 4.69) is 10.3 Å². The summed E-state index contributed by atoms with van der Waals surface area (Å²) in [5.74, 6) is 0.218. The fraction of sp³-hybridized carbons (Fsp3) is 0.200. The Hall–Kier alpha value is -2.73. The van der Waals surface area contributed by atoms with E-state index in [1.54, 1.807) is 12.1 Å². The molecule has 0 bridgehead atoms. The van der Waals surface area contributed by atoms with Crippen LogP contribution in [0.5, 0.6) is 5.75 Å². The Balaban J connectivity index is 1.49. The lowest BCUT2D eigenvalue weighted by molar-refractivity contribution is -0.121. The van der Waals surface area contributed by atoms with Crippen LogP contribution < -0.4 is 10.1 Å². The lowest BCUT2D eigenvalue weighted by atomic mass is 9.96. The van der Waals surface area contributed by atoms with Gasteiger partial charge in [-0.05, 0) is 49.2 Å². The van der Waals surface area contributed by atoms with E-state index in [0.29, 0.717) is 18.2 Å². The minimum absolute atomic E-state index is 0.0982. The molecule has 0 radical (unpaired) electrons. The molecule has 0 saturated heterocycles. The summed E-state index contributed by atoms with van der Waals surface area (Å²) in [6.07, 6.45) is 0.650. The summed E-state index contributed by atoms with van der Waals surface area (Å²) >= 11 is 1.41. The molecule has 1 aliphatic rings. The van der Waals surface area contributed by atoms with E-state index in [0.717, 1.165) is 27.4 Å². The smallest absolute Gasteiger partial charge is 0.233 e. The van der Waals surface area contributed by atoms with Crippen molar-refractivity contribution in [2.24, 2.45) is 5.92 Å². The van der Waals surface area contributed by atoms with E-state index in [1.165, 1.54) is 23.5 Å². The van der Waals surface area contributed by atoms with Crippen LogP contribution in [0.3, 0.4) is 0 Å². The molecule has 0 spiro atoms. The first-order chi connectivity index (χ1) is 12.6. The van der Waals surface area contributed by atoms with Gasteiger partial charge in [0.1, 0.15) is 18.2 Å².